The molecule has 0 unspecified atom stereocenters. The number of carbonyl (C=O) groups is 1. The number of nitrogens with one attached hydrogen (secondary N) is 2. The summed E-state index contributed by atoms with van der Waals surface area (Å²) in [4.78, 5) is 15.8. The molecule has 0 radical (unpaired) electrons. The lowest BCUT2D eigenvalue weighted by molar-refractivity contribution is 0.145. The van der Waals surface area contributed by atoms with Gasteiger partial charge < -0.3 is 15.4 Å². The van der Waals surface area contributed by atoms with E-state index in [9.17, 15) is 13.2 Å². The zero-order valence-electron chi connectivity index (χ0n) is 13.0. The molecule has 2 rings (SSSR count). The number of rotatable bonds is 7. The molecule has 0 fully saturated rings. The number of carbonyl (C=O) groups excluding carboxylic acids is 1. The molecule has 0 spiro atoms. The van der Waals surface area contributed by atoms with Gasteiger partial charge in [0.05, 0.1) is 10.2 Å². The van der Waals surface area contributed by atoms with Gasteiger partial charge in [0.15, 0.2) is 0 Å². The molecule has 1 heterocycles. The summed E-state index contributed by atoms with van der Waals surface area (Å²) in [6, 6.07) is 4.77. The minimum Gasteiger partial charge on any atom is -0.382 e. The maximum absolute atomic E-state index is 11.8. The van der Waals surface area contributed by atoms with Crippen LogP contribution in [0, 0.1) is 0 Å². The number of amides is 2. The van der Waals surface area contributed by atoms with Gasteiger partial charge in [0.25, 0.3) is 0 Å². The van der Waals surface area contributed by atoms with E-state index in [1.165, 1.54) is 0 Å². The minimum atomic E-state index is -3.32. The molecule has 23 heavy (non-hydrogen) atoms. The van der Waals surface area contributed by atoms with Crippen LogP contribution in [0.3, 0.4) is 0 Å². The van der Waals surface area contributed by atoms with E-state index in [1.807, 2.05) is 6.92 Å². The monoisotopic (exact) mass is 357 g/mol. The Labute approximate surface area is 139 Å². The number of anilines is 1. The Kier molecular flexibility index (Phi) is 5.91. The van der Waals surface area contributed by atoms with Gasteiger partial charge in [-0.05, 0) is 31.5 Å². The first kappa shape index (κ1) is 17.6. The second kappa shape index (κ2) is 7.71. The van der Waals surface area contributed by atoms with Crippen LogP contribution in [0.4, 0.5) is 10.5 Å². The maximum atomic E-state index is 11.8. The molecule has 0 saturated carbocycles. The number of aromatic nitrogens is 1. The molecule has 1 aromatic heterocycles. The van der Waals surface area contributed by atoms with E-state index in [0.29, 0.717) is 35.7 Å². The first-order chi connectivity index (χ1) is 10.9. The molecule has 0 saturated heterocycles. The van der Waals surface area contributed by atoms with E-state index in [4.69, 9.17) is 4.74 Å². The summed E-state index contributed by atoms with van der Waals surface area (Å²) in [6.45, 7) is 3.71. The lowest BCUT2D eigenvalue weighted by Crippen LogP contribution is -2.30. The molecule has 0 aliphatic carbocycles. The number of thiazole rings is 1. The van der Waals surface area contributed by atoms with Crippen molar-refractivity contribution in [3.63, 3.8) is 0 Å². The zero-order chi connectivity index (χ0) is 16.9. The van der Waals surface area contributed by atoms with Crippen LogP contribution < -0.4 is 10.6 Å². The molecule has 0 aliphatic rings. The van der Waals surface area contributed by atoms with Crippen LogP contribution in [0.5, 0.6) is 0 Å². The van der Waals surface area contributed by atoms with Crippen molar-refractivity contribution in [3.8, 4) is 0 Å². The number of ether oxygens (including phenoxy) is 1. The van der Waals surface area contributed by atoms with Crippen molar-refractivity contribution in [3.05, 3.63) is 18.2 Å². The largest absolute Gasteiger partial charge is 0.382 e. The van der Waals surface area contributed by atoms with E-state index in [2.05, 4.69) is 15.6 Å². The van der Waals surface area contributed by atoms with E-state index in [1.54, 1.807) is 18.2 Å². The summed E-state index contributed by atoms with van der Waals surface area (Å²) in [6.07, 6.45) is 1.87. The molecular weight excluding hydrogens is 338 g/mol. The van der Waals surface area contributed by atoms with Crippen LogP contribution in [0.15, 0.2) is 22.5 Å². The topological polar surface area (TPSA) is 97.4 Å². The van der Waals surface area contributed by atoms with Crippen molar-refractivity contribution in [2.24, 2.45) is 0 Å². The number of urea groups is 1. The summed E-state index contributed by atoms with van der Waals surface area (Å²) in [5.41, 5.74) is 1.18. The van der Waals surface area contributed by atoms with Crippen LogP contribution in [0.1, 0.15) is 13.3 Å². The van der Waals surface area contributed by atoms with Gasteiger partial charge in [-0.3, -0.25) is 0 Å². The first-order valence-corrected chi connectivity index (χ1v) is 9.84. The van der Waals surface area contributed by atoms with Gasteiger partial charge in [0.2, 0.25) is 14.2 Å². The van der Waals surface area contributed by atoms with E-state index < -0.39 is 9.84 Å². The van der Waals surface area contributed by atoms with Gasteiger partial charge in [-0.1, -0.05) is 0 Å². The van der Waals surface area contributed by atoms with Crippen LogP contribution in [0.2, 0.25) is 0 Å². The molecule has 2 N–H and O–H groups in total. The average molecular weight is 357 g/mol. The highest BCUT2D eigenvalue weighted by atomic mass is 32.2. The smallest absolute Gasteiger partial charge is 0.319 e. The average Bonchev–Trinajstić information content (AvgIpc) is 2.90. The maximum Gasteiger partial charge on any atom is 0.319 e. The predicted molar refractivity (Wildman–Crippen MR) is 90.9 cm³/mol. The van der Waals surface area contributed by atoms with E-state index >= 15 is 0 Å². The minimum absolute atomic E-state index is 0.0741. The van der Waals surface area contributed by atoms with Gasteiger partial charge in [0.1, 0.15) is 0 Å². The van der Waals surface area contributed by atoms with Crippen LogP contribution in [-0.2, 0) is 14.6 Å². The van der Waals surface area contributed by atoms with E-state index in [0.717, 1.165) is 24.0 Å². The number of sulfone groups is 1. The van der Waals surface area contributed by atoms with Gasteiger partial charge >= 0.3 is 6.03 Å². The Morgan fingerprint density at radius 3 is 2.87 bits per heavy atom. The molecule has 1 aromatic carbocycles. The third kappa shape index (κ3) is 5.15. The van der Waals surface area contributed by atoms with Gasteiger partial charge in [-0.2, -0.15) is 0 Å². The fourth-order valence-corrected chi connectivity index (χ4v) is 3.71. The first-order valence-electron chi connectivity index (χ1n) is 7.13. The second-order valence-corrected chi connectivity index (χ2v) is 8.09. The Morgan fingerprint density at radius 1 is 1.39 bits per heavy atom. The van der Waals surface area contributed by atoms with Crippen molar-refractivity contribution >= 4 is 43.1 Å². The van der Waals surface area contributed by atoms with Crippen molar-refractivity contribution in [2.45, 2.75) is 17.7 Å². The number of nitrogens with zero attached hydrogens (tertiary/aromatic N) is 1. The van der Waals surface area contributed by atoms with Crippen LogP contribution in [-0.4, -0.2) is 45.4 Å². The number of hydrogen-bond acceptors (Lipinski definition) is 6. The van der Waals surface area contributed by atoms with Gasteiger partial charge in [-0.15, -0.1) is 11.3 Å². The summed E-state index contributed by atoms with van der Waals surface area (Å²) in [5.74, 6) is 0. The van der Waals surface area contributed by atoms with Crippen LogP contribution >= 0.6 is 11.3 Å². The highest BCUT2D eigenvalue weighted by Gasteiger charge is 2.14. The normalized spacial score (nSPS) is 11.6. The third-order valence-electron chi connectivity index (χ3n) is 2.90. The zero-order valence-corrected chi connectivity index (χ0v) is 14.6. The molecular formula is C14H19N3O4S2. The third-order valence-corrected chi connectivity index (χ3v) is 5.60. The van der Waals surface area contributed by atoms with E-state index in [-0.39, 0.29) is 10.4 Å². The Hall–Kier alpha value is -1.71. The predicted octanol–water partition coefficient (Wildman–Crippen LogP) is 2.25. The van der Waals surface area contributed by atoms with Gasteiger partial charge in [-0.25, -0.2) is 18.2 Å². The highest BCUT2D eigenvalue weighted by Crippen LogP contribution is 2.27. The molecule has 0 atom stereocenters. The summed E-state index contributed by atoms with van der Waals surface area (Å²) in [5, 5.41) is 5.44. The number of hydrogen-bond donors (Lipinski definition) is 2. The molecule has 2 amide bonds. The van der Waals surface area contributed by atoms with Crippen molar-refractivity contribution in [1.82, 2.24) is 10.3 Å². The Bertz CT molecular complexity index is 786. The molecule has 0 bridgehead atoms. The highest BCUT2D eigenvalue weighted by molar-refractivity contribution is 7.92. The molecule has 9 heteroatoms. The fourth-order valence-electron chi connectivity index (χ4n) is 1.84. The lowest BCUT2D eigenvalue weighted by Gasteiger charge is -2.07. The van der Waals surface area contributed by atoms with Gasteiger partial charge in [0, 0.05) is 31.7 Å². The fraction of sp³-hybridized carbons (Fsp3) is 0.429. The van der Waals surface area contributed by atoms with Crippen LogP contribution in [0.25, 0.3) is 10.2 Å². The lowest BCUT2D eigenvalue weighted by atomic mass is 10.3. The summed E-state index contributed by atoms with van der Waals surface area (Å²) < 4.78 is 29.0. The van der Waals surface area contributed by atoms with Crippen molar-refractivity contribution < 1.29 is 17.9 Å². The number of benzene rings is 1. The Morgan fingerprint density at radius 2 is 2.17 bits per heavy atom. The quantitative estimate of drug-likeness (QED) is 0.741. The Balaban J connectivity index is 1.96. The molecule has 0 aliphatic heterocycles. The SMILES string of the molecule is CCOCCCNC(=O)Nc1ccc2nc(S(C)(=O)=O)sc2c1. The summed E-state index contributed by atoms with van der Waals surface area (Å²) >= 11 is 1.09. The standard InChI is InChI=1S/C14H19N3O4S2/c1-3-21-8-4-7-15-13(18)16-10-5-6-11-12(9-10)22-14(17-11)23(2,19)20/h5-6,9H,3-4,7-8H2,1-2H3,(H2,15,16,18). The van der Waals surface area contributed by atoms with Crippen molar-refractivity contribution in [2.75, 3.05) is 31.3 Å². The molecule has 7 nitrogen and oxygen atoms in total. The van der Waals surface area contributed by atoms with Crippen molar-refractivity contribution in [1.29, 1.82) is 0 Å². The second-order valence-electron chi connectivity index (χ2n) is 4.87. The molecule has 126 valence electrons. The number of fused-ring (bicyclic) bond motifs is 1. The molecule has 2 aromatic rings. The summed E-state index contributed by atoms with van der Waals surface area (Å²) in [7, 11) is -3.32.